The summed E-state index contributed by atoms with van der Waals surface area (Å²) in [6.07, 6.45) is 5.61. The van der Waals surface area contributed by atoms with Crippen molar-refractivity contribution in [3.63, 3.8) is 0 Å². The van der Waals surface area contributed by atoms with Gasteiger partial charge >= 0.3 is 0 Å². The van der Waals surface area contributed by atoms with E-state index >= 15 is 0 Å². The normalized spacial score (nSPS) is 21.0. The summed E-state index contributed by atoms with van der Waals surface area (Å²) in [5.74, 6) is -2.50. The number of aromatic nitrogens is 2. The molecule has 4 aliphatic heterocycles. The summed E-state index contributed by atoms with van der Waals surface area (Å²) in [6.45, 7) is 3.00. The van der Waals surface area contributed by atoms with E-state index in [1.165, 1.54) is 18.3 Å². The Kier molecular flexibility index (Phi) is 10.4. The third kappa shape index (κ3) is 8.05. The smallest absolute Gasteiger partial charge is 0.271 e. The number of anilines is 3. The lowest BCUT2D eigenvalue weighted by Crippen LogP contribution is -2.54. The number of primary amides is 1. The van der Waals surface area contributed by atoms with Crippen molar-refractivity contribution in [1.82, 2.24) is 30.4 Å². The number of hydrogen-bond donors (Lipinski definition) is 4. The van der Waals surface area contributed by atoms with Crippen LogP contribution in [0.4, 0.5) is 17.3 Å². The standard InChI is InChI=1S/C37H41N9O8S/c1-55(53,54)25-7-5-23(6-8-25)40-33-31(32(38)48)39-18-29(42-33)45-14-2-3-24(20-45)41-34(49)22-12-15-44(16-13-22)19-21-4-9-26-27(17-21)37(52)46(36(26)51)28-10-11-30(47)43-35(28)50/h4-9,17-18,22,24,28H,2-3,10-16,19-20H2,1H3,(H2,38,48)(H,40,42)(H,41,49)(H,43,47,50)/t24-,28?/m1/s1. The molecule has 5 N–H and O–H groups in total. The van der Waals surface area contributed by atoms with E-state index in [2.05, 4.69) is 30.8 Å². The lowest BCUT2D eigenvalue weighted by atomic mass is 9.94. The summed E-state index contributed by atoms with van der Waals surface area (Å²) in [6, 6.07) is 9.97. The topological polar surface area (TPSA) is 234 Å². The van der Waals surface area contributed by atoms with E-state index < -0.39 is 45.4 Å². The number of hydrogen-bond acceptors (Lipinski definition) is 13. The number of likely N-dealkylation sites (tertiary alicyclic amines) is 1. The molecular formula is C37H41N9O8S. The number of carbonyl (C=O) groups is 6. The molecule has 18 heteroatoms. The molecule has 3 aromatic rings. The van der Waals surface area contributed by atoms with Gasteiger partial charge in [-0.1, -0.05) is 6.07 Å². The maximum atomic E-state index is 13.4. The SMILES string of the molecule is CS(=O)(=O)c1ccc(Nc2nc(N3CCC[C@@H](NC(=O)C4CCN(Cc5ccc6c(c5)C(=O)N(C5CCC(=O)NC5=O)C6=O)CC4)C3)cnc2C(N)=O)cc1. The summed E-state index contributed by atoms with van der Waals surface area (Å²) in [4.78, 5) is 90.1. The number of nitrogens with two attached hydrogens (primary N) is 1. The first-order valence-corrected chi connectivity index (χ1v) is 20.0. The first-order valence-electron chi connectivity index (χ1n) is 18.1. The van der Waals surface area contributed by atoms with Crippen LogP contribution in [0.25, 0.3) is 0 Å². The monoisotopic (exact) mass is 771 g/mol. The number of imide groups is 2. The number of benzene rings is 2. The number of piperidine rings is 3. The Morgan fingerprint density at radius 3 is 2.36 bits per heavy atom. The molecule has 6 amide bonds. The number of carbonyl (C=O) groups excluding carboxylic acids is 6. The summed E-state index contributed by atoms with van der Waals surface area (Å²) in [5.41, 5.74) is 7.31. The van der Waals surface area contributed by atoms with Gasteiger partial charge in [-0.05, 0) is 87.2 Å². The number of fused-ring (bicyclic) bond motifs is 1. The minimum atomic E-state index is -3.39. The minimum Gasteiger partial charge on any atom is -0.364 e. The van der Waals surface area contributed by atoms with Crippen LogP contribution in [-0.2, 0) is 30.8 Å². The zero-order valence-electron chi connectivity index (χ0n) is 30.1. The van der Waals surface area contributed by atoms with Crippen molar-refractivity contribution in [2.24, 2.45) is 11.7 Å². The van der Waals surface area contributed by atoms with Gasteiger partial charge in [-0.2, -0.15) is 0 Å². The molecule has 1 aromatic heterocycles. The second-order valence-electron chi connectivity index (χ2n) is 14.4. The zero-order chi connectivity index (χ0) is 39.0. The fourth-order valence-corrected chi connectivity index (χ4v) is 8.20. The van der Waals surface area contributed by atoms with Crippen LogP contribution in [-0.4, -0.2) is 108 Å². The number of amides is 6. The van der Waals surface area contributed by atoms with Gasteiger partial charge in [-0.25, -0.2) is 18.4 Å². The van der Waals surface area contributed by atoms with Crippen molar-refractivity contribution in [1.29, 1.82) is 0 Å². The van der Waals surface area contributed by atoms with Crippen LogP contribution in [0.5, 0.6) is 0 Å². The highest BCUT2D eigenvalue weighted by Crippen LogP contribution is 2.30. The van der Waals surface area contributed by atoms with E-state index in [0.717, 1.165) is 29.6 Å². The summed E-state index contributed by atoms with van der Waals surface area (Å²) in [7, 11) is -3.39. The fraction of sp³-hybridized carbons (Fsp3) is 0.405. The lowest BCUT2D eigenvalue weighted by Gasteiger charge is -2.36. The number of rotatable bonds is 10. The van der Waals surface area contributed by atoms with Gasteiger partial charge in [0.25, 0.3) is 17.7 Å². The maximum Gasteiger partial charge on any atom is 0.271 e. The van der Waals surface area contributed by atoms with E-state index in [-0.39, 0.29) is 58.2 Å². The Morgan fingerprint density at radius 2 is 1.67 bits per heavy atom. The molecule has 0 aliphatic carbocycles. The van der Waals surface area contributed by atoms with Crippen LogP contribution >= 0.6 is 0 Å². The predicted octanol–water partition coefficient (Wildman–Crippen LogP) is 1.12. The van der Waals surface area contributed by atoms with Gasteiger partial charge < -0.3 is 21.3 Å². The highest BCUT2D eigenvalue weighted by molar-refractivity contribution is 7.90. The largest absolute Gasteiger partial charge is 0.364 e. The Labute approximate surface area is 316 Å². The highest BCUT2D eigenvalue weighted by Gasteiger charge is 2.44. The molecule has 2 atom stereocenters. The third-order valence-electron chi connectivity index (χ3n) is 10.5. The van der Waals surface area contributed by atoms with Crippen molar-refractivity contribution in [2.45, 2.75) is 62.0 Å². The molecule has 2 aromatic carbocycles. The quantitative estimate of drug-likeness (QED) is 0.212. The molecule has 3 saturated heterocycles. The van der Waals surface area contributed by atoms with Crippen LogP contribution in [0.15, 0.2) is 53.6 Å². The minimum absolute atomic E-state index is 0.0169. The third-order valence-corrected chi connectivity index (χ3v) is 11.6. The van der Waals surface area contributed by atoms with E-state index in [4.69, 9.17) is 5.73 Å². The number of sulfone groups is 1. The van der Waals surface area contributed by atoms with Crippen molar-refractivity contribution >= 4 is 62.6 Å². The van der Waals surface area contributed by atoms with Gasteiger partial charge in [0, 0.05) is 50.0 Å². The van der Waals surface area contributed by atoms with Crippen LogP contribution < -0.4 is 26.6 Å². The lowest BCUT2D eigenvalue weighted by molar-refractivity contribution is -0.136. The molecule has 288 valence electrons. The molecule has 0 radical (unpaired) electrons. The molecule has 0 spiro atoms. The summed E-state index contributed by atoms with van der Waals surface area (Å²) in [5, 5.41) is 8.45. The summed E-state index contributed by atoms with van der Waals surface area (Å²) >= 11 is 0. The molecular weight excluding hydrogens is 731 g/mol. The summed E-state index contributed by atoms with van der Waals surface area (Å²) < 4.78 is 23.7. The van der Waals surface area contributed by atoms with Crippen LogP contribution in [0, 0.1) is 5.92 Å². The fourth-order valence-electron chi connectivity index (χ4n) is 7.57. The second-order valence-corrected chi connectivity index (χ2v) is 16.4. The van der Waals surface area contributed by atoms with Crippen molar-refractivity contribution < 1.29 is 37.2 Å². The highest BCUT2D eigenvalue weighted by atomic mass is 32.2. The molecule has 1 unspecified atom stereocenters. The molecule has 3 fully saturated rings. The van der Waals surface area contributed by atoms with Crippen molar-refractivity contribution in [3.05, 3.63) is 71.0 Å². The first kappa shape index (κ1) is 37.6. The van der Waals surface area contributed by atoms with Crippen molar-refractivity contribution in [2.75, 3.05) is 42.7 Å². The molecule has 5 heterocycles. The first-order chi connectivity index (χ1) is 26.2. The van der Waals surface area contributed by atoms with Gasteiger partial charge in [-0.3, -0.25) is 43.9 Å². The van der Waals surface area contributed by atoms with Crippen LogP contribution in [0.2, 0.25) is 0 Å². The Morgan fingerprint density at radius 1 is 0.945 bits per heavy atom. The Balaban J connectivity index is 0.925. The Hall–Kier alpha value is -5.75. The average molecular weight is 772 g/mol. The predicted molar refractivity (Wildman–Crippen MR) is 198 cm³/mol. The van der Waals surface area contributed by atoms with Gasteiger partial charge in [0.2, 0.25) is 17.7 Å². The molecule has 0 saturated carbocycles. The molecule has 17 nitrogen and oxygen atoms in total. The average Bonchev–Trinajstić information content (AvgIpc) is 3.39. The Bertz CT molecular complexity index is 2190. The van der Waals surface area contributed by atoms with E-state index in [1.54, 1.807) is 30.3 Å². The molecule has 55 heavy (non-hydrogen) atoms. The van der Waals surface area contributed by atoms with Gasteiger partial charge in [0.1, 0.15) is 11.9 Å². The second kappa shape index (κ2) is 15.2. The zero-order valence-corrected chi connectivity index (χ0v) is 30.9. The molecule has 0 bridgehead atoms. The van der Waals surface area contributed by atoms with E-state index in [9.17, 15) is 37.2 Å². The van der Waals surface area contributed by atoms with Crippen molar-refractivity contribution in [3.8, 4) is 0 Å². The van der Waals surface area contributed by atoms with E-state index in [1.807, 2.05) is 4.90 Å². The van der Waals surface area contributed by atoms with E-state index in [0.29, 0.717) is 57.1 Å². The molecule has 4 aliphatic rings. The van der Waals surface area contributed by atoms with Gasteiger partial charge in [0.15, 0.2) is 21.3 Å². The van der Waals surface area contributed by atoms with Crippen LogP contribution in [0.1, 0.15) is 75.3 Å². The van der Waals surface area contributed by atoms with Gasteiger partial charge in [0.05, 0.1) is 22.2 Å². The molecule has 7 rings (SSSR count). The number of nitrogens with zero attached hydrogens (tertiary/aromatic N) is 5. The van der Waals surface area contributed by atoms with Crippen LogP contribution in [0.3, 0.4) is 0 Å². The number of nitrogens with one attached hydrogen (secondary N) is 3. The maximum absolute atomic E-state index is 13.4. The van der Waals surface area contributed by atoms with Gasteiger partial charge in [-0.15, -0.1) is 0 Å².